The molecule has 2 aromatic rings. The normalized spacial score (nSPS) is 24.2. The Morgan fingerprint density at radius 2 is 1.86 bits per heavy atom. The van der Waals surface area contributed by atoms with Crippen LogP contribution >= 0.6 is 0 Å². The van der Waals surface area contributed by atoms with Gasteiger partial charge in [-0.3, -0.25) is 9.59 Å². The number of benzene rings is 1. The zero-order valence-electron chi connectivity index (χ0n) is 17.0. The molecule has 7 nitrogen and oxygen atoms in total. The summed E-state index contributed by atoms with van der Waals surface area (Å²) in [5, 5.41) is 3.84. The smallest absolute Gasteiger partial charge is 0.246 e. The van der Waals surface area contributed by atoms with E-state index >= 15 is 0 Å². The highest BCUT2D eigenvalue weighted by atomic mass is 16.5. The number of hydrogen-bond acceptors (Lipinski definition) is 4. The molecule has 1 aromatic carbocycles. The van der Waals surface area contributed by atoms with Crippen molar-refractivity contribution in [3.8, 4) is 11.5 Å². The van der Waals surface area contributed by atoms with Crippen LogP contribution in [0.3, 0.4) is 0 Å². The molecule has 4 rings (SSSR count). The highest BCUT2D eigenvalue weighted by Crippen LogP contribution is 2.43. The quantitative estimate of drug-likeness (QED) is 0.847. The first-order valence-electron chi connectivity index (χ1n) is 9.74. The van der Waals surface area contributed by atoms with Crippen molar-refractivity contribution in [2.75, 3.05) is 14.2 Å². The number of H-pyrrole nitrogens is 1. The molecule has 1 fully saturated rings. The predicted octanol–water partition coefficient (Wildman–Crippen LogP) is 2.54. The maximum Gasteiger partial charge on any atom is 0.246 e. The van der Waals surface area contributed by atoms with E-state index in [0.717, 1.165) is 28.6 Å². The van der Waals surface area contributed by atoms with Gasteiger partial charge < -0.3 is 24.7 Å². The average Bonchev–Trinajstić information content (AvgIpc) is 3.02. The van der Waals surface area contributed by atoms with Gasteiger partial charge in [0.1, 0.15) is 12.1 Å². The third kappa shape index (κ3) is 2.72. The third-order valence-electron chi connectivity index (χ3n) is 5.83. The highest BCUT2D eigenvalue weighted by molar-refractivity contribution is 5.99. The molecule has 0 saturated carbocycles. The minimum Gasteiger partial charge on any atom is -0.493 e. The van der Waals surface area contributed by atoms with E-state index in [9.17, 15) is 9.59 Å². The third-order valence-corrected chi connectivity index (χ3v) is 5.83. The molecule has 1 saturated heterocycles. The van der Waals surface area contributed by atoms with E-state index in [1.54, 1.807) is 26.0 Å². The Kier molecular flexibility index (Phi) is 4.48. The molecule has 3 heterocycles. The second kappa shape index (κ2) is 6.72. The van der Waals surface area contributed by atoms with E-state index in [1.165, 1.54) is 0 Å². The van der Waals surface area contributed by atoms with Gasteiger partial charge >= 0.3 is 0 Å². The van der Waals surface area contributed by atoms with Crippen molar-refractivity contribution in [3.63, 3.8) is 0 Å². The Hall–Kier alpha value is -2.70. The maximum absolute atomic E-state index is 13.0. The summed E-state index contributed by atoms with van der Waals surface area (Å²) in [4.78, 5) is 31.0. The molecule has 150 valence electrons. The second-order valence-electron chi connectivity index (χ2n) is 8.11. The average molecular weight is 385 g/mol. The SMILES string of the molecule is COc1cc2[nH]c3c(c2cc1OC)CC1C(=O)NC(C)C(=O)N1C3CC(C)C. The second-order valence-corrected chi connectivity index (χ2v) is 8.11. The van der Waals surface area contributed by atoms with Gasteiger partial charge in [-0.1, -0.05) is 13.8 Å². The monoisotopic (exact) mass is 385 g/mol. The van der Waals surface area contributed by atoms with Crippen LogP contribution in [0.25, 0.3) is 10.9 Å². The van der Waals surface area contributed by atoms with Crippen molar-refractivity contribution < 1.29 is 19.1 Å². The van der Waals surface area contributed by atoms with Crippen molar-refractivity contribution in [2.24, 2.45) is 5.92 Å². The number of amides is 2. The van der Waals surface area contributed by atoms with Crippen LogP contribution in [0.15, 0.2) is 12.1 Å². The molecule has 2 N–H and O–H groups in total. The van der Waals surface area contributed by atoms with Crippen molar-refractivity contribution in [3.05, 3.63) is 23.4 Å². The summed E-state index contributed by atoms with van der Waals surface area (Å²) >= 11 is 0. The molecule has 28 heavy (non-hydrogen) atoms. The van der Waals surface area contributed by atoms with Crippen LogP contribution in [0.5, 0.6) is 11.5 Å². The number of rotatable bonds is 4. The Morgan fingerprint density at radius 1 is 1.18 bits per heavy atom. The molecular weight excluding hydrogens is 358 g/mol. The summed E-state index contributed by atoms with van der Waals surface area (Å²) in [5.41, 5.74) is 3.03. The number of nitrogens with one attached hydrogen (secondary N) is 2. The fraction of sp³-hybridized carbons (Fsp3) is 0.524. The van der Waals surface area contributed by atoms with Crippen molar-refractivity contribution in [1.29, 1.82) is 0 Å². The summed E-state index contributed by atoms with van der Waals surface area (Å²) < 4.78 is 10.9. The lowest BCUT2D eigenvalue weighted by atomic mass is 9.85. The molecule has 0 radical (unpaired) electrons. The van der Waals surface area contributed by atoms with Crippen LogP contribution in [-0.4, -0.2) is 48.0 Å². The van der Waals surface area contributed by atoms with Crippen molar-refractivity contribution in [2.45, 2.75) is 51.7 Å². The molecule has 3 unspecified atom stereocenters. The van der Waals surface area contributed by atoms with Gasteiger partial charge in [-0.25, -0.2) is 0 Å². The standard InChI is InChI=1S/C21H27N3O4/c1-10(2)6-15-19-13(7-16-20(25)22-11(3)21(26)24(15)16)12-8-17(27-4)18(28-5)9-14(12)23-19/h8-11,15-16,23H,6-7H2,1-5H3,(H,22,25). The Morgan fingerprint density at radius 3 is 2.50 bits per heavy atom. The highest BCUT2D eigenvalue weighted by Gasteiger charge is 2.47. The number of ether oxygens (including phenoxy) is 2. The minimum absolute atomic E-state index is 0.0188. The van der Waals surface area contributed by atoms with Crippen LogP contribution in [0.4, 0.5) is 0 Å². The molecule has 7 heteroatoms. The van der Waals surface area contributed by atoms with Crippen molar-refractivity contribution in [1.82, 2.24) is 15.2 Å². The lowest BCUT2D eigenvalue weighted by Gasteiger charge is -2.46. The van der Waals surface area contributed by atoms with Crippen LogP contribution in [0, 0.1) is 5.92 Å². The van der Waals surface area contributed by atoms with E-state index < -0.39 is 12.1 Å². The number of hydrogen-bond donors (Lipinski definition) is 2. The first-order chi connectivity index (χ1) is 13.3. The van der Waals surface area contributed by atoms with Gasteiger partial charge in [0.05, 0.1) is 20.3 Å². The number of aromatic amines is 1. The van der Waals surface area contributed by atoms with Crippen LogP contribution in [-0.2, 0) is 16.0 Å². The van der Waals surface area contributed by atoms with Crippen LogP contribution in [0.1, 0.15) is 44.5 Å². The number of aromatic nitrogens is 1. The predicted molar refractivity (Wildman–Crippen MR) is 106 cm³/mol. The lowest BCUT2D eigenvalue weighted by Crippen LogP contribution is -2.65. The van der Waals surface area contributed by atoms with E-state index in [0.29, 0.717) is 23.8 Å². The molecule has 0 bridgehead atoms. The summed E-state index contributed by atoms with van der Waals surface area (Å²) in [6, 6.07) is 2.75. The summed E-state index contributed by atoms with van der Waals surface area (Å²) in [7, 11) is 3.22. The zero-order chi connectivity index (χ0) is 20.2. The Bertz CT molecular complexity index is 949. The first kappa shape index (κ1) is 18.7. The fourth-order valence-electron chi connectivity index (χ4n) is 4.55. The molecular formula is C21H27N3O4. The number of nitrogens with zero attached hydrogens (tertiary/aromatic N) is 1. The molecule has 1 aromatic heterocycles. The molecule has 2 aliphatic rings. The Balaban J connectivity index is 1.92. The molecule has 0 aliphatic carbocycles. The van der Waals surface area contributed by atoms with E-state index in [-0.39, 0.29) is 17.9 Å². The van der Waals surface area contributed by atoms with Gasteiger partial charge in [0, 0.05) is 29.1 Å². The van der Waals surface area contributed by atoms with Gasteiger partial charge in [0.15, 0.2) is 11.5 Å². The van der Waals surface area contributed by atoms with Gasteiger partial charge in [-0.15, -0.1) is 0 Å². The van der Waals surface area contributed by atoms with E-state index in [2.05, 4.69) is 24.1 Å². The van der Waals surface area contributed by atoms with Gasteiger partial charge in [0.2, 0.25) is 11.8 Å². The largest absolute Gasteiger partial charge is 0.493 e. The minimum atomic E-state index is -0.496. The number of methoxy groups -OCH3 is 2. The van der Waals surface area contributed by atoms with Gasteiger partial charge in [-0.05, 0) is 30.9 Å². The summed E-state index contributed by atoms with van der Waals surface area (Å²) in [5.74, 6) is 1.57. The lowest BCUT2D eigenvalue weighted by molar-refractivity contribution is -0.153. The molecule has 0 spiro atoms. The number of carbonyl (C=O) groups excluding carboxylic acids is 2. The summed E-state index contributed by atoms with van der Waals surface area (Å²) in [6.07, 6.45) is 1.28. The van der Waals surface area contributed by atoms with E-state index in [1.807, 2.05) is 12.1 Å². The fourth-order valence-corrected chi connectivity index (χ4v) is 4.55. The number of fused-ring (bicyclic) bond motifs is 4. The van der Waals surface area contributed by atoms with Crippen LogP contribution in [0.2, 0.25) is 0 Å². The van der Waals surface area contributed by atoms with Crippen LogP contribution < -0.4 is 14.8 Å². The molecule has 2 amide bonds. The number of piperazine rings is 1. The first-order valence-corrected chi connectivity index (χ1v) is 9.74. The van der Waals surface area contributed by atoms with Gasteiger partial charge in [0.25, 0.3) is 0 Å². The van der Waals surface area contributed by atoms with E-state index in [4.69, 9.17) is 9.47 Å². The maximum atomic E-state index is 13.0. The van der Waals surface area contributed by atoms with Gasteiger partial charge in [-0.2, -0.15) is 0 Å². The summed E-state index contributed by atoms with van der Waals surface area (Å²) in [6.45, 7) is 6.02. The molecule has 2 aliphatic heterocycles. The zero-order valence-corrected chi connectivity index (χ0v) is 17.0. The number of carbonyl (C=O) groups is 2. The van der Waals surface area contributed by atoms with Crippen molar-refractivity contribution >= 4 is 22.7 Å². The Labute approximate surface area is 164 Å². The molecule has 3 atom stereocenters. The topological polar surface area (TPSA) is 83.7 Å².